The van der Waals surface area contributed by atoms with E-state index < -0.39 is 6.35 Å². The summed E-state index contributed by atoms with van der Waals surface area (Å²) in [6.45, 7) is 0.117. The molecular weight excluding hydrogens is 180 g/mol. The molecule has 76 valence electrons. The van der Waals surface area contributed by atoms with Gasteiger partial charge in [0, 0.05) is 5.56 Å². The number of rotatable bonds is 5. The van der Waals surface area contributed by atoms with Crippen LogP contribution in [0, 0.1) is 0 Å². The Morgan fingerprint density at radius 2 is 2.07 bits per heavy atom. The molecule has 1 atom stereocenters. The van der Waals surface area contributed by atoms with E-state index in [1.165, 1.54) is 0 Å². The molecule has 0 fully saturated rings. The molecule has 0 aliphatic carbocycles. The second kappa shape index (κ2) is 5.49. The van der Waals surface area contributed by atoms with Crippen LogP contribution in [0.2, 0.25) is 0 Å². The van der Waals surface area contributed by atoms with Gasteiger partial charge in [-0.15, -0.1) is 0 Å². The molecule has 1 aromatic rings. The number of hydrogen-bond acceptors (Lipinski definition) is 4. The van der Waals surface area contributed by atoms with Gasteiger partial charge in [-0.3, -0.25) is 15.4 Å². The molecule has 0 saturated heterocycles. The van der Waals surface area contributed by atoms with Crippen LogP contribution in [-0.4, -0.2) is 30.8 Å². The molecule has 1 unspecified atom stereocenters. The van der Waals surface area contributed by atoms with Crippen molar-refractivity contribution in [2.24, 2.45) is 0 Å². The number of Topliss-reactive ketones (excluding diaryl/α,β-unsaturated/α-hetero) is 1. The molecule has 14 heavy (non-hydrogen) atoms. The number of aliphatic hydroxyl groups is 1. The number of carbonyl (C=O) groups is 1. The van der Waals surface area contributed by atoms with Crippen molar-refractivity contribution in [1.82, 2.24) is 10.6 Å². The van der Waals surface area contributed by atoms with Crippen molar-refractivity contribution >= 4 is 5.78 Å². The van der Waals surface area contributed by atoms with Gasteiger partial charge in [0.1, 0.15) is 0 Å². The molecule has 0 bridgehead atoms. The molecule has 0 aromatic heterocycles. The van der Waals surface area contributed by atoms with Crippen molar-refractivity contribution in [3.05, 3.63) is 35.9 Å². The fraction of sp³-hybridized carbons (Fsp3) is 0.300. The smallest absolute Gasteiger partial charge is 0.176 e. The minimum absolute atomic E-state index is 0.0418. The second-order valence-electron chi connectivity index (χ2n) is 2.86. The summed E-state index contributed by atoms with van der Waals surface area (Å²) in [5, 5.41) is 14.3. The van der Waals surface area contributed by atoms with Crippen LogP contribution >= 0.6 is 0 Å². The van der Waals surface area contributed by atoms with Gasteiger partial charge in [-0.25, -0.2) is 0 Å². The first-order valence-corrected chi connectivity index (χ1v) is 4.41. The summed E-state index contributed by atoms with van der Waals surface area (Å²) < 4.78 is 0. The maximum Gasteiger partial charge on any atom is 0.176 e. The highest BCUT2D eigenvalue weighted by Crippen LogP contribution is 1.98. The summed E-state index contributed by atoms with van der Waals surface area (Å²) >= 11 is 0. The van der Waals surface area contributed by atoms with E-state index in [-0.39, 0.29) is 12.3 Å². The lowest BCUT2D eigenvalue weighted by Crippen LogP contribution is -2.42. The lowest BCUT2D eigenvalue weighted by atomic mass is 10.1. The molecule has 0 amide bonds. The Balaban J connectivity index is 2.44. The van der Waals surface area contributed by atoms with Gasteiger partial charge in [0.25, 0.3) is 0 Å². The summed E-state index contributed by atoms with van der Waals surface area (Å²) in [6, 6.07) is 8.96. The summed E-state index contributed by atoms with van der Waals surface area (Å²) in [5.74, 6) is -0.0418. The van der Waals surface area contributed by atoms with Gasteiger partial charge < -0.3 is 5.11 Å². The van der Waals surface area contributed by atoms with Gasteiger partial charge >= 0.3 is 0 Å². The summed E-state index contributed by atoms with van der Waals surface area (Å²) in [6.07, 6.45) is -0.845. The number of aliphatic hydroxyl groups excluding tert-OH is 1. The van der Waals surface area contributed by atoms with Crippen LogP contribution in [0.15, 0.2) is 30.3 Å². The molecule has 0 saturated carbocycles. The molecule has 4 heteroatoms. The minimum Gasteiger partial charge on any atom is -0.365 e. The van der Waals surface area contributed by atoms with Crippen molar-refractivity contribution < 1.29 is 9.90 Å². The third-order valence-electron chi connectivity index (χ3n) is 1.83. The van der Waals surface area contributed by atoms with E-state index in [1.54, 1.807) is 19.2 Å². The van der Waals surface area contributed by atoms with Gasteiger partial charge in [-0.2, -0.15) is 0 Å². The number of hydrogen-bond donors (Lipinski definition) is 3. The standard InChI is InChI=1S/C10H14N2O2/c1-11-10(14)12-7-9(13)8-5-3-2-4-6-8/h2-6,10-12,14H,7H2,1H3. The Bertz CT molecular complexity index is 287. The van der Waals surface area contributed by atoms with E-state index in [0.29, 0.717) is 5.56 Å². The predicted octanol–water partition coefficient (Wildman–Crippen LogP) is -0.0458. The van der Waals surface area contributed by atoms with Gasteiger partial charge in [-0.05, 0) is 7.05 Å². The average molecular weight is 194 g/mol. The molecule has 0 aliphatic rings. The first kappa shape index (κ1) is 10.8. The summed E-state index contributed by atoms with van der Waals surface area (Å²) in [4.78, 5) is 11.5. The monoisotopic (exact) mass is 194 g/mol. The normalized spacial score (nSPS) is 12.4. The minimum atomic E-state index is -0.845. The SMILES string of the molecule is CNC(O)NCC(=O)c1ccccc1. The second-order valence-corrected chi connectivity index (χ2v) is 2.86. The molecule has 0 spiro atoms. The predicted molar refractivity (Wildman–Crippen MR) is 53.8 cm³/mol. The topological polar surface area (TPSA) is 61.4 Å². The largest absolute Gasteiger partial charge is 0.365 e. The zero-order chi connectivity index (χ0) is 10.4. The van der Waals surface area contributed by atoms with Crippen molar-refractivity contribution in [2.45, 2.75) is 6.35 Å². The summed E-state index contributed by atoms with van der Waals surface area (Å²) in [5.41, 5.74) is 0.642. The van der Waals surface area contributed by atoms with Crippen LogP contribution in [-0.2, 0) is 0 Å². The zero-order valence-electron chi connectivity index (χ0n) is 8.03. The van der Waals surface area contributed by atoms with E-state index in [9.17, 15) is 4.79 Å². The first-order chi connectivity index (χ1) is 6.74. The Hall–Kier alpha value is -1.23. The average Bonchev–Trinajstić information content (AvgIpc) is 2.26. The lowest BCUT2D eigenvalue weighted by molar-refractivity contribution is 0.0870. The Morgan fingerprint density at radius 3 is 2.64 bits per heavy atom. The van der Waals surface area contributed by atoms with Crippen LogP contribution in [0.1, 0.15) is 10.4 Å². The third kappa shape index (κ3) is 3.26. The fourth-order valence-electron chi connectivity index (χ4n) is 1.02. The van der Waals surface area contributed by atoms with Gasteiger partial charge in [0.05, 0.1) is 6.54 Å². The highest BCUT2D eigenvalue weighted by Gasteiger charge is 2.06. The molecular formula is C10H14N2O2. The van der Waals surface area contributed by atoms with Gasteiger partial charge in [-0.1, -0.05) is 30.3 Å². The quantitative estimate of drug-likeness (QED) is 0.454. The van der Waals surface area contributed by atoms with Crippen molar-refractivity contribution in [2.75, 3.05) is 13.6 Å². The number of benzene rings is 1. The Kier molecular flexibility index (Phi) is 4.25. The van der Waals surface area contributed by atoms with Crippen LogP contribution in [0.4, 0.5) is 0 Å². The molecule has 0 radical (unpaired) electrons. The van der Waals surface area contributed by atoms with Crippen LogP contribution < -0.4 is 10.6 Å². The molecule has 0 heterocycles. The highest BCUT2D eigenvalue weighted by molar-refractivity contribution is 5.97. The van der Waals surface area contributed by atoms with Crippen LogP contribution in [0.5, 0.6) is 0 Å². The van der Waals surface area contributed by atoms with E-state index in [4.69, 9.17) is 5.11 Å². The van der Waals surface area contributed by atoms with Gasteiger partial charge in [0.15, 0.2) is 12.1 Å². The van der Waals surface area contributed by atoms with Crippen molar-refractivity contribution in [1.29, 1.82) is 0 Å². The molecule has 1 aromatic carbocycles. The Morgan fingerprint density at radius 1 is 1.43 bits per heavy atom. The highest BCUT2D eigenvalue weighted by atomic mass is 16.3. The number of carbonyl (C=O) groups excluding carboxylic acids is 1. The zero-order valence-corrected chi connectivity index (χ0v) is 8.03. The first-order valence-electron chi connectivity index (χ1n) is 4.41. The van der Waals surface area contributed by atoms with Crippen molar-refractivity contribution in [3.63, 3.8) is 0 Å². The van der Waals surface area contributed by atoms with Gasteiger partial charge in [0.2, 0.25) is 0 Å². The van der Waals surface area contributed by atoms with E-state index >= 15 is 0 Å². The Labute approximate surface area is 82.9 Å². The van der Waals surface area contributed by atoms with E-state index in [0.717, 1.165) is 0 Å². The van der Waals surface area contributed by atoms with Crippen LogP contribution in [0.3, 0.4) is 0 Å². The molecule has 3 N–H and O–H groups in total. The number of nitrogens with one attached hydrogen (secondary N) is 2. The number of ketones is 1. The van der Waals surface area contributed by atoms with E-state index in [1.807, 2.05) is 18.2 Å². The molecule has 4 nitrogen and oxygen atoms in total. The fourth-order valence-corrected chi connectivity index (χ4v) is 1.02. The maximum atomic E-state index is 11.5. The lowest BCUT2D eigenvalue weighted by Gasteiger charge is -2.10. The van der Waals surface area contributed by atoms with E-state index in [2.05, 4.69) is 10.6 Å². The molecule has 0 aliphatic heterocycles. The summed E-state index contributed by atoms with van der Waals surface area (Å²) in [7, 11) is 1.60. The van der Waals surface area contributed by atoms with Crippen LogP contribution in [0.25, 0.3) is 0 Å². The molecule has 1 rings (SSSR count). The maximum absolute atomic E-state index is 11.5. The van der Waals surface area contributed by atoms with Crippen molar-refractivity contribution in [3.8, 4) is 0 Å². The third-order valence-corrected chi connectivity index (χ3v) is 1.83.